The molecule has 24 nitrogen and oxygen atoms in total. The van der Waals surface area contributed by atoms with Crippen LogP contribution in [0, 0.1) is 20.8 Å². The molecular formula is C51H60N14O10S3. The summed E-state index contributed by atoms with van der Waals surface area (Å²) in [5.41, 5.74) is 14.4. The number of fused-ring (bicyclic) bond motifs is 3. The van der Waals surface area contributed by atoms with Gasteiger partial charge in [0.1, 0.15) is 27.8 Å². The molecule has 0 aliphatic rings. The fourth-order valence-electron chi connectivity index (χ4n) is 6.84. The topological polar surface area (TPSA) is 326 Å². The third kappa shape index (κ3) is 13.6. The number of hydrogen-bond donors (Lipinski definition) is 4. The first-order chi connectivity index (χ1) is 36.1. The van der Waals surface area contributed by atoms with E-state index in [1.807, 2.05) is 20.8 Å². The van der Waals surface area contributed by atoms with Gasteiger partial charge < -0.3 is 15.2 Å². The molecule has 9 aromatic rings. The van der Waals surface area contributed by atoms with Gasteiger partial charge in [0.05, 0.1) is 39.0 Å². The molecular weight excluding hydrogens is 1060 g/mol. The summed E-state index contributed by atoms with van der Waals surface area (Å²) in [5, 5.41) is 0.726. The maximum Gasteiger partial charge on any atom is 0.430 e. The van der Waals surface area contributed by atoms with E-state index in [2.05, 4.69) is 40.8 Å². The third-order valence-electron chi connectivity index (χ3n) is 10.6. The van der Waals surface area contributed by atoms with Crippen molar-refractivity contribution >= 4 is 87.4 Å². The highest BCUT2D eigenvalue weighted by Gasteiger charge is 2.26. The molecule has 27 heteroatoms. The highest BCUT2D eigenvalue weighted by atomic mass is 32.2. The Bertz CT molecular complexity index is 3960. The van der Waals surface area contributed by atoms with Gasteiger partial charge in [-0.15, -0.1) is 0 Å². The Labute approximate surface area is 451 Å². The van der Waals surface area contributed by atoms with Gasteiger partial charge in [0, 0.05) is 25.1 Å². The molecule has 0 bridgehead atoms. The van der Waals surface area contributed by atoms with Crippen molar-refractivity contribution < 1.29 is 44.3 Å². The Morgan fingerprint density at radius 3 is 1.32 bits per heavy atom. The summed E-state index contributed by atoms with van der Waals surface area (Å²) >= 11 is 0. The first-order valence-corrected chi connectivity index (χ1v) is 27.6. The Morgan fingerprint density at radius 1 is 0.551 bits per heavy atom. The number of nitrogens with two attached hydrogens (primary N) is 2. The number of nitrogens with zero attached hydrogens (tertiary/aromatic N) is 10. The SMILES string of the molecule is C.Cc1ccc(S(=O)(=O)n2ccc3nc(CN)cnc32)cc1.Cc1ccc(S(=O)(=O)n2ccc3nc(N(N)C(=O)OC(C)(C)C)cnc32)cc1.Cc1ccc(S(=O)(=O)n2ccc3nc(NNC(=O)OC(C)(C)C)cnc32)cc1. The molecule has 0 atom stereocenters. The lowest BCUT2D eigenvalue weighted by atomic mass is 10.2. The van der Waals surface area contributed by atoms with Crippen molar-refractivity contribution in [2.45, 2.75) is 102 Å². The van der Waals surface area contributed by atoms with Gasteiger partial charge in [-0.3, -0.25) is 5.43 Å². The van der Waals surface area contributed by atoms with Crippen LogP contribution in [0.1, 0.15) is 71.4 Å². The van der Waals surface area contributed by atoms with Crippen molar-refractivity contribution in [1.82, 2.24) is 47.2 Å². The standard InChI is InChI=1S/2C18H21N5O4S.C14H14N4O2S.CH4/c1-12-5-7-13(8-6-12)28(25,26)22-10-9-14-16(22)20-11-15(21-14)23(19)17(24)27-18(2,3)4;1-12-5-7-13(8-6-12)28(25,26)23-10-9-14-16(23)19-11-15(20-14)21-22-17(24)27-18(2,3)4;1-10-2-4-12(5-3-10)21(19,20)18-7-6-13-14(18)16-9-11(8-15)17-13;/h5-11H,19H2,1-4H3;5-11H,1-4H3,(H,20,21)(H,22,24);2-7,9H,8,15H2,1H3;1H4. The van der Waals surface area contributed by atoms with Crippen LogP contribution < -0.4 is 27.4 Å². The minimum absolute atomic E-state index is 0. The minimum atomic E-state index is -3.83. The van der Waals surface area contributed by atoms with E-state index in [1.54, 1.807) is 108 Å². The number of anilines is 2. The summed E-state index contributed by atoms with van der Waals surface area (Å²) in [6.07, 6.45) is 6.77. The van der Waals surface area contributed by atoms with E-state index in [4.69, 9.17) is 21.1 Å². The predicted octanol–water partition coefficient (Wildman–Crippen LogP) is 7.49. The molecule has 0 saturated heterocycles. The Hall–Kier alpha value is -8.37. The van der Waals surface area contributed by atoms with Crippen LogP contribution in [0.4, 0.5) is 21.2 Å². The van der Waals surface area contributed by atoms with Gasteiger partial charge in [0.15, 0.2) is 28.6 Å². The zero-order valence-electron chi connectivity index (χ0n) is 43.3. The van der Waals surface area contributed by atoms with Crippen LogP contribution in [-0.4, -0.2) is 90.5 Å². The van der Waals surface area contributed by atoms with E-state index < -0.39 is 53.5 Å². The lowest BCUT2D eigenvalue weighted by Crippen LogP contribution is -2.42. The van der Waals surface area contributed by atoms with Crippen LogP contribution in [0.5, 0.6) is 0 Å². The number of aryl methyl sites for hydroxylation is 3. The molecule has 9 rings (SSSR count). The van der Waals surface area contributed by atoms with E-state index >= 15 is 0 Å². The number of amides is 2. The maximum atomic E-state index is 12.9. The van der Waals surface area contributed by atoms with Gasteiger partial charge in [-0.05, 0) is 117 Å². The van der Waals surface area contributed by atoms with E-state index in [1.165, 1.54) is 61.4 Å². The zero-order chi connectivity index (χ0) is 56.3. The smallest absolute Gasteiger partial charge is 0.430 e. The van der Waals surface area contributed by atoms with Crippen molar-refractivity contribution in [1.29, 1.82) is 0 Å². The third-order valence-corrected chi connectivity index (χ3v) is 15.6. The van der Waals surface area contributed by atoms with Gasteiger partial charge in [-0.1, -0.05) is 60.5 Å². The van der Waals surface area contributed by atoms with E-state index in [0.29, 0.717) is 22.4 Å². The second-order valence-electron chi connectivity index (χ2n) is 19.1. The fourth-order valence-corrected chi connectivity index (χ4v) is 10.7. The van der Waals surface area contributed by atoms with E-state index in [-0.39, 0.29) is 57.1 Å². The molecule has 0 saturated carbocycles. The predicted molar refractivity (Wildman–Crippen MR) is 294 cm³/mol. The lowest BCUT2D eigenvalue weighted by molar-refractivity contribution is 0.0537. The van der Waals surface area contributed by atoms with Gasteiger partial charge >= 0.3 is 12.2 Å². The van der Waals surface area contributed by atoms with Crippen LogP contribution in [0.3, 0.4) is 0 Å². The molecule has 6 N–H and O–H groups in total. The number of nitrogens with one attached hydrogen (secondary N) is 2. The van der Waals surface area contributed by atoms with Gasteiger partial charge in [0.25, 0.3) is 30.1 Å². The van der Waals surface area contributed by atoms with Crippen molar-refractivity contribution in [3.8, 4) is 0 Å². The zero-order valence-corrected chi connectivity index (χ0v) is 45.7. The summed E-state index contributed by atoms with van der Waals surface area (Å²) in [6.45, 7) is 16.3. The second kappa shape index (κ2) is 23.1. The maximum absolute atomic E-state index is 12.9. The fraction of sp³-hybridized carbons (Fsp3) is 0.255. The molecule has 6 aromatic heterocycles. The monoisotopic (exact) mass is 1120 g/mol. The summed E-state index contributed by atoms with van der Waals surface area (Å²) in [5.74, 6) is 6.04. The minimum Gasteiger partial charge on any atom is -0.443 e. The van der Waals surface area contributed by atoms with Crippen molar-refractivity contribution in [2.75, 3.05) is 10.4 Å². The van der Waals surface area contributed by atoms with E-state index in [0.717, 1.165) is 33.6 Å². The van der Waals surface area contributed by atoms with Crippen LogP contribution >= 0.6 is 0 Å². The first kappa shape index (κ1) is 58.9. The van der Waals surface area contributed by atoms with Gasteiger partial charge in [-0.2, -0.15) is 5.01 Å². The molecule has 0 spiro atoms. The molecule has 0 aliphatic carbocycles. The molecule has 2 amide bonds. The number of aromatic nitrogens is 9. The highest BCUT2D eigenvalue weighted by Crippen LogP contribution is 2.25. The average Bonchev–Trinajstić information content (AvgIpc) is 4.25. The number of hydrazine groups is 2. The molecule has 412 valence electrons. The largest absolute Gasteiger partial charge is 0.443 e. The van der Waals surface area contributed by atoms with Crippen molar-refractivity contribution in [2.24, 2.45) is 11.6 Å². The van der Waals surface area contributed by atoms with Crippen LogP contribution in [0.15, 0.2) is 143 Å². The van der Waals surface area contributed by atoms with Crippen LogP contribution in [0.2, 0.25) is 0 Å². The number of ether oxygens (including phenoxy) is 2. The van der Waals surface area contributed by atoms with Crippen LogP contribution in [-0.2, 0) is 46.1 Å². The van der Waals surface area contributed by atoms with Crippen molar-refractivity contribution in [3.05, 3.63) is 151 Å². The lowest BCUT2D eigenvalue weighted by Gasteiger charge is -2.23. The Kier molecular flexibility index (Phi) is 17.4. The van der Waals surface area contributed by atoms with Crippen LogP contribution in [0.25, 0.3) is 33.5 Å². The molecule has 0 aliphatic heterocycles. The summed E-state index contributed by atoms with van der Waals surface area (Å²) in [6, 6.07) is 24.4. The highest BCUT2D eigenvalue weighted by molar-refractivity contribution is 7.90. The number of hydrogen-bond acceptors (Lipinski definition) is 19. The average molecular weight is 1130 g/mol. The molecule has 0 radical (unpaired) electrons. The van der Waals surface area contributed by atoms with E-state index in [9.17, 15) is 34.8 Å². The molecule has 6 heterocycles. The second-order valence-corrected chi connectivity index (χ2v) is 24.5. The first-order valence-electron chi connectivity index (χ1n) is 23.3. The summed E-state index contributed by atoms with van der Waals surface area (Å²) < 4.78 is 90.3. The quantitative estimate of drug-likeness (QED) is 0.0585. The normalized spacial score (nSPS) is 11.9. The number of rotatable bonds is 10. The van der Waals surface area contributed by atoms with Gasteiger partial charge in [0.2, 0.25) is 0 Å². The summed E-state index contributed by atoms with van der Waals surface area (Å²) in [4.78, 5) is 49.5. The molecule has 0 unspecified atom stereocenters. The van der Waals surface area contributed by atoms with Crippen molar-refractivity contribution in [3.63, 3.8) is 0 Å². The molecule has 3 aromatic carbocycles. The number of carbonyl (C=O) groups excluding carboxylic acids is 2. The molecule has 0 fully saturated rings. The Morgan fingerprint density at radius 2 is 0.923 bits per heavy atom. The molecule has 78 heavy (non-hydrogen) atoms. The number of carbonyl (C=O) groups is 2. The Balaban J connectivity index is 0.000000190. The van der Waals surface area contributed by atoms with Gasteiger partial charge in [-0.25, -0.2) is 87.9 Å². The number of benzene rings is 3. The summed E-state index contributed by atoms with van der Waals surface area (Å²) in [7, 11) is -11.3.